The van der Waals surface area contributed by atoms with Crippen molar-refractivity contribution in [1.29, 1.82) is 0 Å². The molecule has 1 unspecified atom stereocenters. The average Bonchev–Trinajstić information content (AvgIpc) is 2.93. The molecule has 3 rings (SSSR count). The van der Waals surface area contributed by atoms with Gasteiger partial charge in [-0.2, -0.15) is 0 Å². The first-order valence-electron chi connectivity index (χ1n) is 7.18. The Labute approximate surface area is 136 Å². The predicted molar refractivity (Wildman–Crippen MR) is 80.6 cm³/mol. The van der Waals surface area contributed by atoms with E-state index in [2.05, 4.69) is 0 Å². The van der Waals surface area contributed by atoms with E-state index < -0.39 is 29.7 Å². The molecule has 0 aromatic heterocycles. The van der Waals surface area contributed by atoms with Crippen LogP contribution in [0, 0.1) is 11.6 Å². The van der Waals surface area contributed by atoms with Crippen molar-refractivity contribution in [2.24, 2.45) is 0 Å². The summed E-state index contributed by atoms with van der Waals surface area (Å²) in [6.07, 6.45) is -1.17. The first kappa shape index (κ1) is 15.9. The molecule has 7 heteroatoms. The minimum absolute atomic E-state index is 0.0827. The highest BCUT2D eigenvalue weighted by atomic mass is 19.1. The number of amides is 1. The maximum absolute atomic E-state index is 14.1. The van der Waals surface area contributed by atoms with Gasteiger partial charge in [0.1, 0.15) is 24.3 Å². The van der Waals surface area contributed by atoms with E-state index in [1.54, 1.807) is 30.3 Å². The van der Waals surface area contributed by atoms with E-state index >= 15 is 0 Å². The summed E-state index contributed by atoms with van der Waals surface area (Å²) in [5.74, 6) is -3.14. The van der Waals surface area contributed by atoms with E-state index in [0.29, 0.717) is 11.6 Å². The van der Waals surface area contributed by atoms with Crippen LogP contribution in [0.2, 0.25) is 0 Å². The Balaban J connectivity index is 1.87. The van der Waals surface area contributed by atoms with Crippen molar-refractivity contribution in [2.75, 3.05) is 4.90 Å². The Kier molecular flexibility index (Phi) is 4.16. The first-order chi connectivity index (χ1) is 11.5. The summed E-state index contributed by atoms with van der Waals surface area (Å²) in [6.45, 7) is -0.0827. The Morgan fingerprint density at radius 3 is 2.58 bits per heavy atom. The summed E-state index contributed by atoms with van der Waals surface area (Å²) in [5.41, 5.74) is 0.579. The van der Waals surface area contributed by atoms with Crippen molar-refractivity contribution < 1.29 is 28.2 Å². The predicted octanol–water partition coefficient (Wildman–Crippen LogP) is 3.12. The van der Waals surface area contributed by atoms with Crippen LogP contribution in [0.1, 0.15) is 11.1 Å². The number of carboxylic acids is 1. The third-order valence-electron chi connectivity index (χ3n) is 3.76. The molecule has 2 aromatic rings. The summed E-state index contributed by atoms with van der Waals surface area (Å²) >= 11 is 0. The van der Waals surface area contributed by atoms with Crippen LogP contribution in [-0.2, 0) is 22.6 Å². The Morgan fingerprint density at radius 2 is 1.92 bits per heavy atom. The van der Waals surface area contributed by atoms with Crippen molar-refractivity contribution in [3.05, 3.63) is 65.2 Å². The number of anilines is 1. The summed E-state index contributed by atoms with van der Waals surface area (Å²) in [6, 6.07) is 9.09. The van der Waals surface area contributed by atoms with Crippen LogP contribution in [0.15, 0.2) is 42.5 Å². The Hall–Kier alpha value is -2.96. The minimum Gasteiger partial charge on any atom is -0.480 e. The molecule has 124 valence electrons. The number of benzene rings is 2. The van der Waals surface area contributed by atoms with Crippen LogP contribution < -0.4 is 4.90 Å². The molecule has 0 radical (unpaired) electrons. The van der Waals surface area contributed by atoms with Crippen molar-refractivity contribution >= 4 is 17.7 Å². The molecule has 0 aliphatic carbocycles. The zero-order valence-corrected chi connectivity index (χ0v) is 12.4. The van der Waals surface area contributed by atoms with Gasteiger partial charge in [-0.05, 0) is 17.2 Å². The van der Waals surface area contributed by atoms with Crippen LogP contribution in [-0.4, -0.2) is 23.2 Å². The molecule has 1 aliphatic heterocycles. The van der Waals surface area contributed by atoms with Gasteiger partial charge < -0.3 is 9.84 Å². The van der Waals surface area contributed by atoms with Crippen LogP contribution in [0.5, 0.6) is 0 Å². The Bertz CT molecular complexity index is 795. The first-order valence-corrected chi connectivity index (χ1v) is 7.18. The quantitative estimate of drug-likeness (QED) is 0.937. The average molecular weight is 333 g/mol. The monoisotopic (exact) mass is 333 g/mol. The van der Waals surface area contributed by atoms with Gasteiger partial charge in [0.2, 0.25) is 0 Å². The van der Waals surface area contributed by atoms with Crippen molar-refractivity contribution in [1.82, 2.24) is 0 Å². The third kappa shape index (κ3) is 2.92. The van der Waals surface area contributed by atoms with E-state index in [0.717, 1.165) is 11.0 Å². The molecule has 0 spiro atoms. The number of hydrogen-bond donors (Lipinski definition) is 1. The van der Waals surface area contributed by atoms with Gasteiger partial charge in [0.05, 0.1) is 5.69 Å². The fraction of sp³-hybridized carbons (Fsp3) is 0.176. The van der Waals surface area contributed by atoms with Gasteiger partial charge >= 0.3 is 12.1 Å². The lowest BCUT2D eigenvalue weighted by Gasteiger charge is -2.22. The van der Waals surface area contributed by atoms with Gasteiger partial charge in [-0.15, -0.1) is 0 Å². The molecule has 24 heavy (non-hydrogen) atoms. The van der Waals surface area contributed by atoms with Crippen molar-refractivity contribution in [3.8, 4) is 0 Å². The Morgan fingerprint density at radius 1 is 1.21 bits per heavy atom. The molecule has 0 saturated carbocycles. The molecule has 1 atom stereocenters. The van der Waals surface area contributed by atoms with Gasteiger partial charge in [-0.1, -0.05) is 30.3 Å². The van der Waals surface area contributed by atoms with Gasteiger partial charge in [-0.3, -0.25) is 4.90 Å². The van der Waals surface area contributed by atoms with E-state index in [4.69, 9.17) is 4.74 Å². The topological polar surface area (TPSA) is 66.8 Å². The molecule has 2 aromatic carbocycles. The van der Waals surface area contributed by atoms with Crippen LogP contribution >= 0.6 is 0 Å². The van der Waals surface area contributed by atoms with E-state index in [1.807, 2.05) is 0 Å². The standard InChI is InChI=1S/C17H13F2NO4/c18-12-6-11-7-14(16(21)22)20(15(11)13(19)8-12)17(23)24-9-10-4-2-1-3-5-10/h1-6,8,14H,7,9H2,(H,21,22). The molecule has 1 amide bonds. The number of carboxylic acid groups (broad SMARTS) is 1. The number of rotatable bonds is 3. The molecular formula is C17H13F2NO4. The van der Waals surface area contributed by atoms with Crippen LogP contribution in [0.4, 0.5) is 19.3 Å². The zero-order valence-electron chi connectivity index (χ0n) is 12.4. The largest absolute Gasteiger partial charge is 0.480 e. The molecule has 0 fully saturated rings. The summed E-state index contributed by atoms with van der Waals surface area (Å²) in [4.78, 5) is 24.4. The van der Waals surface area contributed by atoms with Gasteiger partial charge in [0, 0.05) is 12.5 Å². The SMILES string of the molecule is O=C(O)C1Cc2cc(F)cc(F)c2N1C(=O)OCc1ccccc1. The van der Waals surface area contributed by atoms with Crippen LogP contribution in [0.3, 0.4) is 0 Å². The summed E-state index contributed by atoms with van der Waals surface area (Å²) < 4.78 is 32.5. The molecule has 1 heterocycles. The van der Waals surface area contributed by atoms with E-state index in [1.165, 1.54) is 0 Å². The second-order valence-corrected chi connectivity index (χ2v) is 5.36. The van der Waals surface area contributed by atoms with Gasteiger partial charge in [0.15, 0.2) is 0 Å². The fourth-order valence-corrected chi connectivity index (χ4v) is 2.71. The highest BCUT2D eigenvalue weighted by Crippen LogP contribution is 2.36. The van der Waals surface area contributed by atoms with Crippen LogP contribution in [0.25, 0.3) is 0 Å². The second kappa shape index (κ2) is 6.27. The number of aliphatic carboxylic acids is 1. The number of halogens is 2. The van der Waals surface area contributed by atoms with Gasteiger partial charge in [0.25, 0.3) is 0 Å². The summed E-state index contributed by atoms with van der Waals surface area (Å²) in [7, 11) is 0. The highest BCUT2D eigenvalue weighted by Gasteiger charge is 2.41. The molecule has 5 nitrogen and oxygen atoms in total. The maximum Gasteiger partial charge on any atom is 0.415 e. The number of hydrogen-bond acceptors (Lipinski definition) is 3. The molecule has 0 saturated heterocycles. The lowest BCUT2D eigenvalue weighted by Crippen LogP contribution is -2.43. The minimum atomic E-state index is -1.33. The van der Waals surface area contributed by atoms with E-state index in [-0.39, 0.29) is 24.3 Å². The molecular weight excluding hydrogens is 320 g/mol. The normalized spacial score (nSPS) is 15.9. The number of carbonyl (C=O) groups is 2. The number of ether oxygens (including phenoxy) is 1. The number of carbonyl (C=O) groups excluding carboxylic acids is 1. The van der Waals surface area contributed by atoms with E-state index in [9.17, 15) is 23.5 Å². The zero-order chi connectivity index (χ0) is 17.3. The highest BCUT2D eigenvalue weighted by molar-refractivity contribution is 5.98. The molecule has 1 N–H and O–H groups in total. The lowest BCUT2D eigenvalue weighted by molar-refractivity contribution is -0.138. The number of nitrogens with zero attached hydrogens (tertiary/aromatic N) is 1. The van der Waals surface area contributed by atoms with Gasteiger partial charge in [-0.25, -0.2) is 18.4 Å². The lowest BCUT2D eigenvalue weighted by atomic mass is 10.1. The third-order valence-corrected chi connectivity index (χ3v) is 3.76. The smallest absolute Gasteiger partial charge is 0.415 e. The second-order valence-electron chi connectivity index (χ2n) is 5.36. The van der Waals surface area contributed by atoms with Crippen molar-refractivity contribution in [3.63, 3.8) is 0 Å². The molecule has 1 aliphatic rings. The maximum atomic E-state index is 14.1. The van der Waals surface area contributed by atoms with Crippen molar-refractivity contribution in [2.45, 2.75) is 19.1 Å². The number of fused-ring (bicyclic) bond motifs is 1. The molecule has 0 bridgehead atoms. The summed E-state index contributed by atoms with van der Waals surface area (Å²) in [5, 5.41) is 9.28. The fourth-order valence-electron chi connectivity index (χ4n) is 2.71.